The molecular weight excluding hydrogens is 328 g/mol. The van der Waals surface area contributed by atoms with E-state index in [0.717, 1.165) is 5.56 Å². The van der Waals surface area contributed by atoms with Gasteiger partial charge in [-0.1, -0.05) is 30.3 Å². The number of benzene rings is 1. The first kappa shape index (κ1) is 19.3. The molecule has 5 atom stereocenters. The van der Waals surface area contributed by atoms with E-state index >= 15 is 0 Å². The molecule has 4 N–H and O–H groups in total. The summed E-state index contributed by atoms with van der Waals surface area (Å²) in [6.07, 6.45) is -3.08. The lowest BCUT2D eigenvalue weighted by atomic mass is 9.94. The number of hydrogen-bond donors (Lipinski definition) is 4. The van der Waals surface area contributed by atoms with Crippen LogP contribution in [0.25, 0.3) is 0 Å². The summed E-state index contributed by atoms with van der Waals surface area (Å²) >= 11 is 0. The van der Waals surface area contributed by atoms with E-state index in [-0.39, 0.29) is 18.4 Å². The number of aliphatic hydroxyl groups is 2. The molecule has 2 amide bonds. The van der Waals surface area contributed by atoms with Gasteiger partial charge in [-0.25, -0.2) is 0 Å². The summed E-state index contributed by atoms with van der Waals surface area (Å²) in [6, 6.07) is 7.71. The summed E-state index contributed by atoms with van der Waals surface area (Å²) in [7, 11) is 0. The highest BCUT2D eigenvalue weighted by atomic mass is 16.7. The molecule has 0 saturated carbocycles. The Balaban J connectivity index is 2.19. The van der Waals surface area contributed by atoms with Crippen LogP contribution in [0.15, 0.2) is 30.3 Å². The van der Waals surface area contributed by atoms with E-state index in [1.165, 1.54) is 13.8 Å². The van der Waals surface area contributed by atoms with Crippen molar-refractivity contribution in [3.8, 4) is 0 Å². The lowest BCUT2D eigenvalue weighted by Crippen LogP contribution is -2.69. The van der Waals surface area contributed by atoms with Crippen molar-refractivity contribution in [1.82, 2.24) is 10.6 Å². The molecule has 1 aliphatic rings. The lowest BCUT2D eigenvalue weighted by Gasteiger charge is -2.44. The Hall–Kier alpha value is -2.00. The molecule has 8 nitrogen and oxygen atoms in total. The minimum atomic E-state index is -1.19. The maximum absolute atomic E-state index is 11.6. The Labute approximate surface area is 146 Å². The van der Waals surface area contributed by atoms with Crippen LogP contribution < -0.4 is 10.6 Å². The van der Waals surface area contributed by atoms with E-state index in [2.05, 4.69) is 10.6 Å². The Morgan fingerprint density at radius 2 is 1.72 bits per heavy atom. The second-order valence-corrected chi connectivity index (χ2v) is 5.97. The number of aliphatic hydroxyl groups excluding tert-OH is 2. The number of hydrogen-bond acceptors (Lipinski definition) is 6. The van der Waals surface area contributed by atoms with E-state index < -0.39 is 37.2 Å². The van der Waals surface area contributed by atoms with E-state index in [4.69, 9.17) is 9.47 Å². The summed E-state index contributed by atoms with van der Waals surface area (Å²) in [5.74, 6) is -0.730. The van der Waals surface area contributed by atoms with Crippen LogP contribution >= 0.6 is 0 Å². The van der Waals surface area contributed by atoms with Crippen molar-refractivity contribution in [1.29, 1.82) is 0 Å². The van der Waals surface area contributed by atoms with Crippen molar-refractivity contribution in [2.75, 3.05) is 6.61 Å². The molecule has 8 heteroatoms. The minimum absolute atomic E-state index is 0.211. The monoisotopic (exact) mass is 352 g/mol. The van der Waals surface area contributed by atoms with Crippen LogP contribution in [0.4, 0.5) is 0 Å². The van der Waals surface area contributed by atoms with E-state index in [9.17, 15) is 19.8 Å². The second-order valence-electron chi connectivity index (χ2n) is 5.97. The van der Waals surface area contributed by atoms with E-state index in [1.54, 1.807) is 0 Å². The van der Waals surface area contributed by atoms with Crippen molar-refractivity contribution < 1.29 is 29.3 Å². The predicted molar refractivity (Wildman–Crippen MR) is 88.2 cm³/mol. The second kappa shape index (κ2) is 8.91. The molecule has 0 bridgehead atoms. The van der Waals surface area contributed by atoms with Crippen molar-refractivity contribution >= 4 is 11.8 Å². The molecule has 138 valence electrons. The average Bonchev–Trinajstić information content (AvgIpc) is 2.57. The van der Waals surface area contributed by atoms with Gasteiger partial charge in [0.05, 0.1) is 19.3 Å². The average molecular weight is 352 g/mol. The summed E-state index contributed by atoms with van der Waals surface area (Å²) in [4.78, 5) is 23.0. The first-order valence-corrected chi connectivity index (χ1v) is 8.06. The van der Waals surface area contributed by atoms with Crippen molar-refractivity contribution in [3.05, 3.63) is 35.9 Å². The number of rotatable bonds is 6. The van der Waals surface area contributed by atoms with Gasteiger partial charge in [0.1, 0.15) is 18.2 Å². The molecule has 0 aliphatic carbocycles. The molecule has 0 aromatic heterocycles. The zero-order chi connectivity index (χ0) is 18.4. The van der Waals surface area contributed by atoms with Gasteiger partial charge in [0, 0.05) is 13.8 Å². The summed E-state index contributed by atoms with van der Waals surface area (Å²) in [6.45, 7) is 2.39. The highest BCUT2D eigenvalue weighted by Crippen LogP contribution is 2.23. The van der Waals surface area contributed by atoms with Crippen LogP contribution in [0, 0.1) is 0 Å². The van der Waals surface area contributed by atoms with Crippen molar-refractivity contribution in [3.63, 3.8) is 0 Å². The van der Waals surface area contributed by atoms with Crippen LogP contribution in [0.3, 0.4) is 0 Å². The first-order valence-electron chi connectivity index (χ1n) is 8.06. The molecule has 1 heterocycles. The van der Waals surface area contributed by atoms with Crippen molar-refractivity contribution in [2.24, 2.45) is 0 Å². The molecule has 2 rings (SSSR count). The number of ether oxygens (including phenoxy) is 2. The first-order chi connectivity index (χ1) is 11.9. The SMILES string of the molecule is CC(=O)N[C@H]1[C@H](OCc2ccccc2)O[C@H](CO)[C@H](O)[C@@H]1NC(C)=O. The quantitative estimate of drug-likeness (QED) is 0.537. The fourth-order valence-corrected chi connectivity index (χ4v) is 2.80. The third-order valence-electron chi connectivity index (χ3n) is 3.91. The van der Waals surface area contributed by atoms with Gasteiger partial charge in [-0.15, -0.1) is 0 Å². The van der Waals surface area contributed by atoms with E-state index in [1.807, 2.05) is 30.3 Å². The molecule has 0 radical (unpaired) electrons. The predicted octanol–water partition coefficient (Wildman–Crippen LogP) is -0.709. The molecule has 0 spiro atoms. The Morgan fingerprint density at radius 3 is 2.28 bits per heavy atom. The summed E-state index contributed by atoms with van der Waals surface area (Å²) < 4.78 is 11.4. The molecular formula is C17H24N2O6. The normalized spacial score (nSPS) is 29.0. The highest BCUT2D eigenvalue weighted by Gasteiger charge is 2.46. The fourth-order valence-electron chi connectivity index (χ4n) is 2.80. The molecule has 0 unspecified atom stereocenters. The Morgan fingerprint density at radius 1 is 1.12 bits per heavy atom. The molecule has 25 heavy (non-hydrogen) atoms. The smallest absolute Gasteiger partial charge is 0.217 e. The molecule has 1 aromatic carbocycles. The number of carbonyl (C=O) groups excluding carboxylic acids is 2. The topological polar surface area (TPSA) is 117 Å². The van der Waals surface area contributed by atoms with Gasteiger partial charge in [-0.3, -0.25) is 9.59 Å². The molecule has 1 fully saturated rings. The van der Waals surface area contributed by atoms with Crippen LogP contribution in [-0.2, 0) is 25.7 Å². The number of carbonyl (C=O) groups is 2. The largest absolute Gasteiger partial charge is 0.394 e. The van der Waals surface area contributed by atoms with E-state index in [0.29, 0.717) is 0 Å². The Kier molecular flexibility index (Phi) is 6.89. The highest BCUT2D eigenvalue weighted by molar-refractivity contribution is 5.75. The van der Waals surface area contributed by atoms with Gasteiger partial charge in [-0.2, -0.15) is 0 Å². The van der Waals surface area contributed by atoms with Gasteiger partial charge in [0.2, 0.25) is 11.8 Å². The number of amides is 2. The van der Waals surface area contributed by atoms with Gasteiger partial charge < -0.3 is 30.3 Å². The Bertz CT molecular complexity index is 582. The third kappa shape index (κ3) is 5.23. The van der Waals surface area contributed by atoms with Gasteiger partial charge >= 0.3 is 0 Å². The zero-order valence-corrected chi connectivity index (χ0v) is 14.2. The van der Waals surface area contributed by atoms with Crippen LogP contribution in [0.1, 0.15) is 19.4 Å². The lowest BCUT2D eigenvalue weighted by molar-refractivity contribution is -0.253. The van der Waals surface area contributed by atoms with Gasteiger partial charge in [0.15, 0.2) is 6.29 Å². The van der Waals surface area contributed by atoms with Crippen LogP contribution in [0.5, 0.6) is 0 Å². The minimum Gasteiger partial charge on any atom is -0.394 e. The standard InChI is InChI=1S/C17H24N2O6/c1-10(21)18-14-15(19-11(2)22)17(25-13(8-20)16(14)23)24-9-12-6-4-3-5-7-12/h3-7,13-17,20,23H,8-9H2,1-2H3,(H,18,21)(H,19,22)/t13-,14-,15-,16+,17-/m1/s1. The fraction of sp³-hybridized carbons (Fsp3) is 0.529. The summed E-state index contributed by atoms with van der Waals surface area (Å²) in [5, 5.41) is 25.1. The maximum Gasteiger partial charge on any atom is 0.217 e. The van der Waals surface area contributed by atoms with Crippen molar-refractivity contribution in [2.45, 2.75) is 51.0 Å². The van der Waals surface area contributed by atoms with Gasteiger partial charge in [-0.05, 0) is 5.56 Å². The van der Waals surface area contributed by atoms with Crippen LogP contribution in [0.2, 0.25) is 0 Å². The van der Waals surface area contributed by atoms with Crippen LogP contribution in [-0.4, -0.2) is 59.2 Å². The number of nitrogens with one attached hydrogen (secondary N) is 2. The third-order valence-corrected chi connectivity index (χ3v) is 3.91. The zero-order valence-electron chi connectivity index (χ0n) is 14.2. The molecule has 1 aromatic rings. The summed E-state index contributed by atoms with van der Waals surface area (Å²) in [5.41, 5.74) is 0.899. The van der Waals surface area contributed by atoms with Gasteiger partial charge in [0.25, 0.3) is 0 Å². The molecule has 1 aliphatic heterocycles. The molecule has 1 saturated heterocycles. The maximum atomic E-state index is 11.6.